The van der Waals surface area contributed by atoms with Crippen molar-refractivity contribution in [2.24, 2.45) is 5.84 Å². The van der Waals surface area contributed by atoms with E-state index in [1.54, 1.807) is 0 Å². The van der Waals surface area contributed by atoms with Gasteiger partial charge in [-0.2, -0.15) is 26.3 Å². The molecule has 3 N–H and O–H groups in total. The van der Waals surface area contributed by atoms with Crippen LogP contribution in [0.3, 0.4) is 0 Å². The van der Waals surface area contributed by atoms with Gasteiger partial charge in [-0.05, 0) is 12.1 Å². The van der Waals surface area contributed by atoms with Crippen molar-refractivity contribution in [2.75, 3.05) is 0 Å². The van der Waals surface area contributed by atoms with Crippen molar-refractivity contribution >= 4 is 17.7 Å². The number of halogens is 6. The largest absolute Gasteiger partial charge is 0.433 e. The van der Waals surface area contributed by atoms with Crippen LogP contribution in [-0.2, 0) is 17.1 Å². The molecule has 0 spiro atoms. The van der Waals surface area contributed by atoms with E-state index in [4.69, 9.17) is 5.84 Å². The lowest BCUT2D eigenvalue weighted by Crippen LogP contribution is -2.31. The summed E-state index contributed by atoms with van der Waals surface area (Å²) in [7, 11) is 0. The Hall–Kier alpha value is -3.88. The van der Waals surface area contributed by atoms with E-state index in [0.717, 1.165) is 17.2 Å². The predicted octanol–water partition coefficient (Wildman–Crippen LogP) is 2.16. The highest BCUT2D eigenvalue weighted by atomic mass is 19.4. The molecule has 0 saturated heterocycles. The van der Waals surface area contributed by atoms with Gasteiger partial charge in [0.2, 0.25) is 0 Å². The first-order valence-corrected chi connectivity index (χ1v) is 8.05. The number of carbonyl (C=O) groups excluding carboxylic acids is 1. The Kier molecular flexibility index (Phi) is 5.70. The van der Waals surface area contributed by atoms with Gasteiger partial charge in [-0.25, -0.2) is 30.5 Å². The van der Waals surface area contributed by atoms with E-state index in [0.29, 0.717) is 12.1 Å². The van der Waals surface area contributed by atoms with E-state index >= 15 is 0 Å². The molecular formula is C16H10F6N8O. The number of nitrogens with one attached hydrogen (secondary N) is 1. The van der Waals surface area contributed by atoms with Gasteiger partial charge >= 0.3 is 12.4 Å². The van der Waals surface area contributed by atoms with Gasteiger partial charge < -0.3 is 0 Å². The van der Waals surface area contributed by atoms with E-state index in [9.17, 15) is 31.1 Å². The van der Waals surface area contributed by atoms with Crippen molar-refractivity contribution in [2.45, 2.75) is 12.4 Å². The van der Waals surface area contributed by atoms with Gasteiger partial charge in [0.15, 0.2) is 5.82 Å². The lowest BCUT2D eigenvalue weighted by molar-refractivity contribution is -0.150. The third-order valence-electron chi connectivity index (χ3n) is 3.68. The fourth-order valence-electron chi connectivity index (χ4n) is 2.33. The minimum atomic E-state index is -5.13. The Morgan fingerprint density at radius 2 is 1.61 bits per heavy atom. The normalized spacial score (nSPS) is 12.7. The van der Waals surface area contributed by atoms with Crippen LogP contribution in [0.4, 0.5) is 26.3 Å². The molecule has 0 radical (unpaired) electrons. The van der Waals surface area contributed by atoms with Crippen LogP contribution in [0.15, 0.2) is 37.2 Å². The van der Waals surface area contributed by atoms with Gasteiger partial charge in [0.25, 0.3) is 5.91 Å². The number of hydrazine groups is 1. The summed E-state index contributed by atoms with van der Waals surface area (Å²) in [5.74, 6) is 3.88. The molecule has 0 saturated carbocycles. The molecule has 0 aliphatic rings. The fourth-order valence-corrected chi connectivity index (χ4v) is 2.33. The van der Waals surface area contributed by atoms with Crippen LogP contribution in [0.1, 0.15) is 17.0 Å². The zero-order valence-corrected chi connectivity index (χ0v) is 15.0. The lowest BCUT2D eigenvalue weighted by atomic mass is 10.1. The summed E-state index contributed by atoms with van der Waals surface area (Å²) < 4.78 is 78.9. The number of amides is 1. The van der Waals surface area contributed by atoms with Crippen LogP contribution in [-0.4, -0.2) is 35.6 Å². The van der Waals surface area contributed by atoms with E-state index in [-0.39, 0.29) is 11.1 Å². The summed E-state index contributed by atoms with van der Waals surface area (Å²) >= 11 is 0. The predicted molar refractivity (Wildman–Crippen MR) is 91.8 cm³/mol. The molecule has 0 fully saturated rings. The number of hydrogen-bond acceptors (Lipinski definition) is 7. The smallest absolute Gasteiger partial charge is 0.290 e. The maximum atomic E-state index is 13.0. The first-order chi connectivity index (χ1) is 14.5. The van der Waals surface area contributed by atoms with Gasteiger partial charge in [-0.1, -0.05) is 0 Å². The Balaban J connectivity index is 2.07. The summed E-state index contributed by atoms with van der Waals surface area (Å²) in [5, 5.41) is 3.81. The second-order valence-electron chi connectivity index (χ2n) is 5.81. The van der Waals surface area contributed by atoms with Crippen molar-refractivity contribution in [1.29, 1.82) is 0 Å². The maximum absolute atomic E-state index is 13.0. The monoisotopic (exact) mass is 444 g/mol. The average molecular weight is 444 g/mol. The summed E-state index contributed by atoms with van der Waals surface area (Å²) in [4.78, 5) is 25.9. The number of nitrogens with two attached hydrogens (primary N) is 1. The molecule has 0 atom stereocenters. The Morgan fingerprint density at radius 1 is 1.03 bits per heavy atom. The quantitative estimate of drug-likeness (QED) is 0.208. The summed E-state index contributed by atoms with van der Waals surface area (Å²) in [6.07, 6.45) is -4.43. The number of hydrogen-bond donors (Lipinski definition) is 2. The topological polar surface area (TPSA) is 124 Å². The van der Waals surface area contributed by atoms with Crippen molar-refractivity contribution < 1.29 is 31.1 Å². The molecule has 3 heterocycles. The van der Waals surface area contributed by atoms with Crippen LogP contribution in [0.5, 0.6) is 0 Å². The standard InChI is InChI=1S/C16H10F6N8O/c17-15(18,19)11-1-8(2-12(27-11)16(20,21)22)13-26-7-30(29-13)5-10(14(31)28-23)9-3-24-6-25-4-9/h1-7H,23H2,(H,28,31)/b10-5+. The first kappa shape index (κ1) is 21.8. The summed E-state index contributed by atoms with van der Waals surface area (Å²) in [6.45, 7) is 0. The maximum Gasteiger partial charge on any atom is 0.433 e. The molecule has 3 aromatic rings. The van der Waals surface area contributed by atoms with Crippen molar-refractivity contribution in [3.63, 3.8) is 0 Å². The summed E-state index contributed by atoms with van der Waals surface area (Å²) in [5.41, 5.74) is -2.08. The minimum absolute atomic E-state index is 0.0961. The van der Waals surface area contributed by atoms with Crippen LogP contribution >= 0.6 is 0 Å². The van der Waals surface area contributed by atoms with E-state index in [2.05, 4.69) is 25.0 Å². The zero-order valence-electron chi connectivity index (χ0n) is 15.0. The Morgan fingerprint density at radius 3 is 2.13 bits per heavy atom. The molecule has 9 nitrogen and oxygen atoms in total. The van der Waals surface area contributed by atoms with Crippen molar-refractivity contribution in [3.05, 3.63) is 54.1 Å². The second kappa shape index (κ2) is 8.10. The van der Waals surface area contributed by atoms with Gasteiger partial charge in [-0.3, -0.25) is 10.2 Å². The highest BCUT2D eigenvalue weighted by Gasteiger charge is 2.39. The minimum Gasteiger partial charge on any atom is -0.290 e. The number of pyridine rings is 1. The molecule has 0 aromatic carbocycles. The number of aromatic nitrogens is 6. The van der Waals surface area contributed by atoms with Crippen LogP contribution < -0.4 is 11.3 Å². The third kappa shape index (κ3) is 5.00. The lowest BCUT2D eigenvalue weighted by Gasteiger charge is -2.11. The van der Waals surface area contributed by atoms with Crippen LogP contribution in [0, 0.1) is 0 Å². The third-order valence-corrected chi connectivity index (χ3v) is 3.68. The Bertz CT molecular complexity index is 1090. The first-order valence-electron chi connectivity index (χ1n) is 8.05. The van der Waals surface area contributed by atoms with Gasteiger partial charge in [0.05, 0.1) is 5.57 Å². The van der Waals surface area contributed by atoms with Crippen molar-refractivity contribution in [1.82, 2.24) is 35.1 Å². The molecule has 0 unspecified atom stereocenters. The SMILES string of the molecule is NNC(=O)/C(=C/n1cnc(-c2cc(C(F)(F)F)nc(C(F)(F)F)c2)n1)c1cncnc1. The second-order valence-corrected chi connectivity index (χ2v) is 5.81. The number of rotatable bonds is 4. The zero-order chi connectivity index (χ0) is 22.8. The molecule has 3 rings (SSSR count). The van der Waals surface area contributed by atoms with Gasteiger partial charge in [-0.15, -0.1) is 5.10 Å². The van der Waals surface area contributed by atoms with Crippen LogP contribution in [0.25, 0.3) is 23.2 Å². The molecule has 162 valence electrons. The van der Waals surface area contributed by atoms with E-state index in [1.807, 2.05) is 5.43 Å². The molecule has 0 bridgehead atoms. The van der Waals surface area contributed by atoms with E-state index < -0.39 is 41.0 Å². The number of nitrogens with zero attached hydrogens (tertiary/aromatic N) is 6. The van der Waals surface area contributed by atoms with E-state index in [1.165, 1.54) is 18.7 Å². The fraction of sp³-hybridized carbons (Fsp3) is 0.125. The van der Waals surface area contributed by atoms with Gasteiger partial charge in [0.1, 0.15) is 24.0 Å². The average Bonchev–Trinajstić information content (AvgIpc) is 3.19. The highest BCUT2D eigenvalue weighted by molar-refractivity contribution is 6.22. The Labute approximate surface area is 168 Å². The van der Waals surface area contributed by atoms with Crippen molar-refractivity contribution in [3.8, 4) is 11.4 Å². The number of carbonyl (C=O) groups is 1. The molecule has 0 aliphatic heterocycles. The molecule has 1 amide bonds. The number of alkyl halides is 6. The van der Waals surface area contributed by atoms with Gasteiger partial charge in [0, 0.05) is 29.7 Å². The molecular weight excluding hydrogens is 434 g/mol. The molecule has 0 aliphatic carbocycles. The molecule has 3 aromatic heterocycles. The van der Waals surface area contributed by atoms with Crippen LogP contribution in [0.2, 0.25) is 0 Å². The highest BCUT2D eigenvalue weighted by Crippen LogP contribution is 2.35. The molecule has 15 heteroatoms. The molecule has 31 heavy (non-hydrogen) atoms. The summed E-state index contributed by atoms with van der Waals surface area (Å²) in [6, 6.07) is 0.772.